The van der Waals surface area contributed by atoms with Gasteiger partial charge in [0.05, 0.1) is 6.04 Å². The van der Waals surface area contributed by atoms with E-state index in [1.807, 2.05) is 6.07 Å². The molecular formula is C14H20FN3O. The van der Waals surface area contributed by atoms with Gasteiger partial charge in [0, 0.05) is 32.7 Å². The standard InChI is InChI=1S/C14H20FN3O/c1-10-7-17-13(8-16-10)14(19)18(2)9-11-4-3-5-12(15)6-11/h3-6,10,13,16-17H,7-9H2,1-2H3. The number of benzene rings is 1. The number of nitrogens with zero attached hydrogens (tertiary/aromatic N) is 1. The van der Waals surface area contributed by atoms with Crippen molar-refractivity contribution in [1.29, 1.82) is 0 Å². The maximum Gasteiger partial charge on any atom is 0.241 e. The number of amides is 1. The molecule has 1 aliphatic heterocycles. The maximum atomic E-state index is 13.1. The molecule has 1 saturated heterocycles. The van der Waals surface area contributed by atoms with E-state index in [2.05, 4.69) is 17.6 Å². The molecule has 0 radical (unpaired) electrons. The molecule has 0 saturated carbocycles. The fourth-order valence-electron chi connectivity index (χ4n) is 2.21. The highest BCUT2D eigenvalue weighted by molar-refractivity contribution is 5.82. The van der Waals surface area contributed by atoms with Crippen LogP contribution in [0.15, 0.2) is 24.3 Å². The van der Waals surface area contributed by atoms with Gasteiger partial charge in [-0.2, -0.15) is 0 Å². The summed E-state index contributed by atoms with van der Waals surface area (Å²) in [5.41, 5.74) is 0.799. The topological polar surface area (TPSA) is 44.4 Å². The summed E-state index contributed by atoms with van der Waals surface area (Å²) in [6, 6.07) is 6.52. The Morgan fingerprint density at radius 1 is 1.42 bits per heavy atom. The summed E-state index contributed by atoms with van der Waals surface area (Å²) in [5.74, 6) is -0.242. The highest BCUT2D eigenvalue weighted by atomic mass is 19.1. The summed E-state index contributed by atoms with van der Waals surface area (Å²) in [6.45, 7) is 3.91. The van der Waals surface area contributed by atoms with E-state index in [0.717, 1.165) is 12.1 Å². The number of rotatable bonds is 3. The van der Waals surface area contributed by atoms with Crippen molar-refractivity contribution in [2.24, 2.45) is 0 Å². The fraction of sp³-hybridized carbons (Fsp3) is 0.500. The van der Waals surface area contributed by atoms with E-state index in [0.29, 0.717) is 19.1 Å². The van der Waals surface area contributed by atoms with Crippen molar-refractivity contribution >= 4 is 5.91 Å². The zero-order valence-corrected chi connectivity index (χ0v) is 11.3. The molecule has 1 fully saturated rings. The SMILES string of the molecule is CC1CNC(C(=O)N(C)Cc2cccc(F)c2)CN1. The summed E-state index contributed by atoms with van der Waals surface area (Å²) < 4.78 is 13.1. The second-order valence-corrected chi connectivity index (χ2v) is 5.09. The highest BCUT2D eigenvalue weighted by Crippen LogP contribution is 2.08. The molecular weight excluding hydrogens is 245 g/mol. The van der Waals surface area contributed by atoms with Gasteiger partial charge in [0.25, 0.3) is 0 Å². The Kier molecular flexibility index (Phi) is 4.50. The molecule has 0 aliphatic carbocycles. The van der Waals surface area contributed by atoms with E-state index in [-0.39, 0.29) is 17.8 Å². The largest absolute Gasteiger partial charge is 0.340 e. The first-order valence-electron chi connectivity index (χ1n) is 6.52. The molecule has 1 amide bonds. The molecule has 0 bridgehead atoms. The van der Waals surface area contributed by atoms with E-state index in [4.69, 9.17) is 0 Å². The van der Waals surface area contributed by atoms with Crippen LogP contribution in [0.2, 0.25) is 0 Å². The number of nitrogens with one attached hydrogen (secondary N) is 2. The average Bonchev–Trinajstić information content (AvgIpc) is 2.39. The Morgan fingerprint density at radius 2 is 2.21 bits per heavy atom. The van der Waals surface area contributed by atoms with Gasteiger partial charge in [-0.3, -0.25) is 4.79 Å². The molecule has 1 aromatic rings. The van der Waals surface area contributed by atoms with E-state index >= 15 is 0 Å². The van der Waals surface area contributed by atoms with E-state index < -0.39 is 0 Å². The first-order valence-corrected chi connectivity index (χ1v) is 6.52. The van der Waals surface area contributed by atoms with Crippen molar-refractivity contribution in [3.8, 4) is 0 Å². The summed E-state index contributed by atoms with van der Waals surface area (Å²) in [6.07, 6.45) is 0. The van der Waals surface area contributed by atoms with Crippen molar-refractivity contribution in [1.82, 2.24) is 15.5 Å². The van der Waals surface area contributed by atoms with E-state index in [1.54, 1.807) is 18.0 Å². The highest BCUT2D eigenvalue weighted by Gasteiger charge is 2.25. The normalized spacial score (nSPS) is 23.1. The second-order valence-electron chi connectivity index (χ2n) is 5.09. The number of hydrogen-bond acceptors (Lipinski definition) is 3. The van der Waals surface area contributed by atoms with Gasteiger partial charge in [0.2, 0.25) is 5.91 Å². The molecule has 1 aliphatic rings. The van der Waals surface area contributed by atoms with Gasteiger partial charge in [-0.15, -0.1) is 0 Å². The Bertz CT molecular complexity index is 444. The Morgan fingerprint density at radius 3 is 2.84 bits per heavy atom. The predicted octanol–water partition coefficient (Wildman–Crippen LogP) is 0.734. The molecule has 1 heterocycles. The summed E-state index contributed by atoms with van der Waals surface area (Å²) >= 11 is 0. The number of carbonyl (C=O) groups excluding carboxylic acids is 1. The Balaban J connectivity index is 1.92. The minimum atomic E-state index is -0.273. The molecule has 4 nitrogen and oxygen atoms in total. The fourth-order valence-corrected chi connectivity index (χ4v) is 2.21. The second kappa shape index (κ2) is 6.12. The van der Waals surface area contributed by atoms with Crippen LogP contribution in [0.1, 0.15) is 12.5 Å². The zero-order chi connectivity index (χ0) is 13.8. The third-order valence-corrected chi connectivity index (χ3v) is 3.32. The molecule has 2 rings (SSSR count). The van der Waals surface area contributed by atoms with Gasteiger partial charge >= 0.3 is 0 Å². The lowest BCUT2D eigenvalue weighted by Gasteiger charge is -2.31. The van der Waals surface area contributed by atoms with Gasteiger partial charge < -0.3 is 15.5 Å². The van der Waals surface area contributed by atoms with Crippen LogP contribution in [-0.2, 0) is 11.3 Å². The summed E-state index contributed by atoms with van der Waals surface area (Å²) in [5, 5.41) is 6.49. The van der Waals surface area contributed by atoms with Crippen LogP contribution in [0.25, 0.3) is 0 Å². The van der Waals surface area contributed by atoms with Gasteiger partial charge in [-0.05, 0) is 24.6 Å². The molecule has 2 unspecified atom stereocenters. The van der Waals surface area contributed by atoms with Gasteiger partial charge in [0.15, 0.2) is 0 Å². The smallest absolute Gasteiger partial charge is 0.241 e. The Labute approximate surface area is 113 Å². The van der Waals surface area contributed by atoms with Crippen LogP contribution in [0.3, 0.4) is 0 Å². The van der Waals surface area contributed by atoms with Gasteiger partial charge in [0.1, 0.15) is 5.82 Å². The first kappa shape index (κ1) is 14.0. The van der Waals surface area contributed by atoms with Crippen LogP contribution in [0.4, 0.5) is 4.39 Å². The third kappa shape index (κ3) is 3.75. The molecule has 2 N–H and O–H groups in total. The van der Waals surface area contributed by atoms with Crippen molar-refractivity contribution < 1.29 is 9.18 Å². The lowest BCUT2D eigenvalue weighted by atomic mass is 10.1. The van der Waals surface area contributed by atoms with Crippen molar-refractivity contribution in [3.63, 3.8) is 0 Å². The van der Waals surface area contributed by atoms with Crippen molar-refractivity contribution in [2.45, 2.75) is 25.6 Å². The first-order chi connectivity index (χ1) is 9.06. The molecule has 104 valence electrons. The number of carbonyl (C=O) groups is 1. The van der Waals surface area contributed by atoms with Gasteiger partial charge in [-0.25, -0.2) is 4.39 Å². The predicted molar refractivity (Wildman–Crippen MR) is 72.1 cm³/mol. The van der Waals surface area contributed by atoms with Crippen molar-refractivity contribution in [2.75, 3.05) is 20.1 Å². The van der Waals surface area contributed by atoms with E-state index in [9.17, 15) is 9.18 Å². The average molecular weight is 265 g/mol. The molecule has 19 heavy (non-hydrogen) atoms. The number of likely N-dealkylation sites (N-methyl/N-ethyl adjacent to an activating group) is 1. The van der Waals surface area contributed by atoms with Crippen LogP contribution < -0.4 is 10.6 Å². The van der Waals surface area contributed by atoms with Crippen LogP contribution in [-0.4, -0.2) is 43.0 Å². The van der Waals surface area contributed by atoms with E-state index in [1.165, 1.54) is 12.1 Å². The van der Waals surface area contributed by atoms with Crippen LogP contribution in [0, 0.1) is 5.82 Å². The number of piperazine rings is 1. The molecule has 0 aromatic heterocycles. The Hall–Kier alpha value is -1.46. The summed E-state index contributed by atoms with van der Waals surface area (Å²) in [4.78, 5) is 13.9. The third-order valence-electron chi connectivity index (χ3n) is 3.32. The quantitative estimate of drug-likeness (QED) is 0.847. The minimum Gasteiger partial charge on any atom is -0.340 e. The molecule has 5 heteroatoms. The number of halogens is 1. The lowest BCUT2D eigenvalue weighted by Crippen LogP contribution is -2.58. The zero-order valence-electron chi connectivity index (χ0n) is 11.3. The van der Waals surface area contributed by atoms with Crippen molar-refractivity contribution in [3.05, 3.63) is 35.6 Å². The monoisotopic (exact) mass is 265 g/mol. The van der Waals surface area contributed by atoms with Gasteiger partial charge in [-0.1, -0.05) is 12.1 Å². The molecule has 0 spiro atoms. The minimum absolute atomic E-state index is 0.0312. The number of hydrogen-bond donors (Lipinski definition) is 2. The van der Waals surface area contributed by atoms with Crippen LogP contribution in [0.5, 0.6) is 0 Å². The van der Waals surface area contributed by atoms with Crippen LogP contribution >= 0.6 is 0 Å². The lowest BCUT2D eigenvalue weighted by molar-refractivity contribution is -0.133. The molecule has 2 atom stereocenters. The summed E-state index contributed by atoms with van der Waals surface area (Å²) in [7, 11) is 1.74. The maximum absolute atomic E-state index is 13.1. The molecule has 1 aromatic carbocycles.